The molecule has 0 bridgehead atoms. The highest BCUT2D eigenvalue weighted by molar-refractivity contribution is 6.33. The Bertz CT molecular complexity index is 1950. The lowest BCUT2D eigenvalue weighted by Crippen LogP contribution is -2.55. The molecular weight excluding hydrogens is 727 g/mol. The van der Waals surface area contributed by atoms with E-state index in [2.05, 4.69) is 25.6 Å². The van der Waals surface area contributed by atoms with Crippen LogP contribution in [-0.4, -0.2) is 77.0 Å². The fourth-order valence-electron chi connectivity index (χ4n) is 6.62. The maximum absolute atomic E-state index is 14.9. The van der Waals surface area contributed by atoms with Crippen molar-refractivity contribution in [2.24, 2.45) is 11.3 Å². The molecule has 53 heavy (non-hydrogen) atoms. The number of nitrogens with one attached hydrogen (secondary N) is 3. The van der Waals surface area contributed by atoms with E-state index in [0.717, 1.165) is 36.6 Å². The smallest absolute Gasteiger partial charge is 0.408 e. The van der Waals surface area contributed by atoms with Crippen molar-refractivity contribution in [3.05, 3.63) is 65.2 Å². The molecule has 0 spiro atoms. The van der Waals surface area contributed by atoms with Crippen LogP contribution >= 0.6 is 11.6 Å². The fourth-order valence-corrected chi connectivity index (χ4v) is 6.83. The Balaban J connectivity index is 1.35. The summed E-state index contributed by atoms with van der Waals surface area (Å²) in [5.74, 6) is -1.71. The van der Waals surface area contributed by atoms with Gasteiger partial charge >= 0.3 is 18.8 Å². The number of nitrogens with zero attached hydrogens (tertiary/aromatic N) is 7. The number of carbonyl (C=O) groups is 2. The van der Waals surface area contributed by atoms with Crippen molar-refractivity contribution in [2.75, 3.05) is 6.61 Å². The number of hydrogen-bond donors (Lipinski definition) is 3. The first-order chi connectivity index (χ1) is 24.9. The van der Waals surface area contributed by atoms with Gasteiger partial charge < -0.3 is 15.4 Å². The Morgan fingerprint density at radius 2 is 1.94 bits per heavy atom. The lowest BCUT2D eigenvalue weighted by atomic mass is 9.70. The van der Waals surface area contributed by atoms with Gasteiger partial charge in [0.25, 0.3) is 5.91 Å². The van der Waals surface area contributed by atoms with E-state index in [9.17, 15) is 31.5 Å². The van der Waals surface area contributed by atoms with Gasteiger partial charge in [0.15, 0.2) is 11.8 Å². The second kappa shape index (κ2) is 14.2. The average molecular weight is 765 g/mol. The largest absolute Gasteiger partial charge is 0.447 e. The summed E-state index contributed by atoms with van der Waals surface area (Å²) in [5, 5.41) is 26.5. The van der Waals surface area contributed by atoms with Gasteiger partial charge in [0.1, 0.15) is 30.2 Å². The number of ether oxygens (including phenoxy) is 1. The van der Waals surface area contributed by atoms with Gasteiger partial charge in [-0.3, -0.25) is 15.1 Å². The second-order valence-electron chi connectivity index (χ2n) is 14.6. The maximum atomic E-state index is 14.9. The molecule has 3 heterocycles. The number of aromatic nitrogens is 6. The normalized spacial score (nSPS) is 21.8. The maximum Gasteiger partial charge on any atom is 0.408 e. The summed E-state index contributed by atoms with van der Waals surface area (Å²) in [6.45, 7) is 2.76. The summed E-state index contributed by atoms with van der Waals surface area (Å²) in [7, 11) is 0. The van der Waals surface area contributed by atoms with Crippen LogP contribution in [0.5, 0.6) is 0 Å². The molecule has 13 nitrogen and oxygen atoms in total. The third kappa shape index (κ3) is 7.91. The fraction of sp³-hybridized carbons (Fsp3) is 0.500. The van der Waals surface area contributed by atoms with E-state index in [-0.39, 0.29) is 34.4 Å². The molecular formula is C34H38ClF5N10O3. The van der Waals surface area contributed by atoms with Gasteiger partial charge in [0.2, 0.25) is 0 Å². The van der Waals surface area contributed by atoms with Crippen LogP contribution < -0.4 is 10.6 Å². The van der Waals surface area contributed by atoms with Crippen molar-refractivity contribution in [3.8, 4) is 11.4 Å². The summed E-state index contributed by atoms with van der Waals surface area (Å²) >= 11 is 6.42. The van der Waals surface area contributed by atoms with E-state index in [4.69, 9.17) is 21.7 Å². The summed E-state index contributed by atoms with van der Waals surface area (Å²) < 4.78 is 72.9. The van der Waals surface area contributed by atoms with Crippen molar-refractivity contribution in [2.45, 2.75) is 89.8 Å². The molecule has 0 radical (unpaired) electrons. The molecule has 3 aliphatic rings. The molecule has 2 aliphatic carbocycles. The van der Waals surface area contributed by atoms with E-state index >= 15 is 0 Å². The van der Waals surface area contributed by atoms with Crippen molar-refractivity contribution in [1.82, 2.24) is 45.3 Å². The number of allylic oxidation sites excluding steroid dienone is 3. The Morgan fingerprint density at radius 3 is 2.57 bits per heavy atom. The number of alkyl halides is 5. The van der Waals surface area contributed by atoms with E-state index in [0.29, 0.717) is 22.8 Å². The molecule has 1 saturated carbocycles. The molecule has 2 amide bonds. The zero-order chi connectivity index (χ0) is 38.5. The molecule has 2 fully saturated rings. The number of rotatable bonds is 11. The van der Waals surface area contributed by atoms with Gasteiger partial charge in [-0.1, -0.05) is 56.7 Å². The molecule has 3 aromatic rings. The van der Waals surface area contributed by atoms with Crippen LogP contribution in [0.15, 0.2) is 49.0 Å². The van der Waals surface area contributed by atoms with Crippen LogP contribution in [0.4, 0.5) is 26.7 Å². The number of hydrogen-bond acceptors (Lipinski definition) is 8. The molecule has 1 aliphatic heterocycles. The molecule has 1 unspecified atom stereocenters. The van der Waals surface area contributed by atoms with E-state index in [1.165, 1.54) is 18.2 Å². The van der Waals surface area contributed by atoms with Crippen LogP contribution in [0, 0.1) is 16.7 Å². The Kier molecular flexibility index (Phi) is 10.1. The van der Waals surface area contributed by atoms with Crippen molar-refractivity contribution >= 4 is 35.1 Å². The van der Waals surface area contributed by atoms with E-state index < -0.39 is 60.3 Å². The summed E-state index contributed by atoms with van der Waals surface area (Å²) in [6.07, 6.45) is 4.78. The third-order valence-electron chi connectivity index (χ3n) is 9.29. The summed E-state index contributed by atoms with van der Waals surface area (Å²) in [5.41, 5.74) is -0.191. The zero-order valence-corrected chi connectivity index (χ0v) is 29.9. The minimum atomic E-state index is -4.76. The number of benzene rings is 1. The van der Waals surface area contributed by atoms with Crippen LogP contribution in [-0.2, 0) is 9.53 Å². The molecule has 1 saturated heterocycles. The monoisotopic (exact) mass is 764 g/mol. The van der Waals surface area contributed by atoms with Gasteiger partial charge in [0, 0.05) is 11.5 Å². The molecule has 3 N–H and O–H groups in total. The predicted octanol–water partition coefficient (Wildman–Crippen LogP) is 6.84. The molecule has 1 aromatic carbocycles. The number of carbonyl (C=O) groups excluding carboxylic acids is 2. The van der Waals surface area contributed by atoms with E-state index in [1.807, 2.05) is 39.0 Å². The van der Waals surface area contributed by atoms with Gasteiger partial charge in [0.05, 0.1) is 23.3 Å². The van der Waals surface area contributed by atoms with Gasteiger partial charge in [-0.05, 0) is 61.3 Å². The number of halogens is 6. The molecule has 284 valence electrons. The zero-order valence-electron chi connectivity index (χ0n) is 29.2. The highest BCUT2D eigenvalue weighted by Crippen LogP contribution is 2.44. The average Bonchev–Trinajstić information content (AvgIpc) is 3.49. The summed E-state index contributed by atoms with van der Waals surface area (Å²) in [6, 6.07) is 0.848. The predicted molar refractivity (Wildman–Crippen MR) is 182 cm³/mol. The second-order valence-corrected chi connectivity index (χ2v) is 15.0. The Labute approximate surface area is 306 Å². The van der Waals surface area contributed by atoms with Crippen molar-refractivity contribution in [3.63, 3.8) is 0 Å². The van der Waals surface area contributed by atoms with Crippen LogP contribution in [0.3, 0.4) is 0 Å². The molecule has 19 heteroatoms. The quantitative estimate of drug-likeness (QED) is 0.179. The highest BCUT2D eigenvalue weighted by atomic mass is 35.5. The highest BCUT2D eigenvalue weighted by Gasteiger charge is 2.57. The van der Waals surface area contributed by atoms with Crippen molar-refractivity contribution in [1.29, 1.82) is 5.41 Å². The molecule has 4 atom stereocenters. The van der Waals surface area contributed by atoms with E-state index in [1.54, 1.807) is 16.3 Å². The molecule has 2 aromatic heterocycles. The summed E-state index contributed by atoms with van der Waals surface area (Å²) in [4.78, 5) is 34.3. The van der Waals surface area contributed by atoms with Crippen LogP contribution in [0.2, 0.25) is 5.02 Å². The van der Waals surface area contributed by atoms with Crippen molar-refractivity contribution < 1.29 is 36.3 Å². The Hall–Kier alpha value is -4.87. The topological polar surface area (TPSA) is 156 Å². The van der Waals surface area contributed by atoms with Gasteiger partial charge in [-0.2, -0.15) is 46.7 Å². The number of amides is 2. The molecule has 6 rings (SSSR count). The van der Waals surface area contributed by atoms with Gasteiger partial charge in [-0.15, -0.1) is 0 Å². The van der Waals surface area contributed by atoms with Crippen LogP contribution in [0.25, 0.3) is 17.0 Å². The lowest BCUT2D eigenvalue weighted by Gasteiger charge is -2.39. The lowest BCUT2D eigenvalue weighted by molar-refractivity contribution is -0.150. The Morgan fingerprint density at radius 1 is 1.21 bits per heavy atom. The minimum Gasteiger partial charge on any atom is -0.447 e. The van der Waals surface area contributed by atoms with Gasteiger partial charge in [-0.25, -0.2) is 9.78 Å². The number of alkyl carbamates (subject to hydrolysis) is 1. The first-order valence-electron chi connectivity index (χ1n) is 16.9. The first kappa shape index (κ1) is 37.9. The standard InChI is InChI=1S/C34H38ClF5N10O3/c1-18(34(38,39)40)45-31(52)53-15-26(20-7-12-24(35)23(13-20)27-42-17-44-49(27)29(36)37)48-28(51)33(46-30(48)41,16-32(2,3)4)21-8-5-19(6-9-21)25-14-43-50(47-25)22-10-11-22/h5-8,12-14,17-18,21-22,26,29H,9-11,15-16H2,1-4H3,(H2,41,46)(H,45,52)/t18-,21?,26+,33+/m0/s1. The third-order valence-corrected chi connectivity index (χ3v) is 9.62. The first-order valence-corrected chi connectivity index (χ1v) is 17.2. The minimum absolute atomic E-state index is 0.00445. The number of guanidine groups is 1. The van der Waals surface area contributed by atoms with Crippen LogP contribution in [0.1, 0.15) is 83.3 Å². The SMILES string of the molecule is C[C@H](NC(=O)OC[C@H](c1ccc(Cl)c(-c2ncnn2C(F)F)c1)N1C(=N)N[C@](CC(C)(C)C)(C2C=CC(c3cnn(C4CC4)n3)=CC2)C1=O)C(F)(F)F.